The highest BCUT2D eigenvalue weighted by Gasteiger charge is 2.23. The van der Waals surface area contributed by atoms with Gasteiger partial charge in [-0.15, -0.1) is 0 Å². The number of nitrogens with zero attached hydrogens (tertiary/aromatic N) is 3. The van der Waals surface area contributed by atoms with Gasteiger partial charge in [0.1, 0.15) is 23.1 Å². The Kier molecular flexibility index (Phi) is 6.47. The van der Waals surface area contributed by atoms with Crippen molar-refractivity contribution >= 4 is 22.0 Å². The van der Waals surface area contributed by atoms with Crippen LogP contribution in [-0.2, 0) is 14.8 Å². The summed E-state index contributed by atoms with van der Waals surface area (Å²) < 4.78 is 43.1. The van der Waals surface area contributed by atoms with E-state index < -0.39 is 16.1 Å². The molecule has 1 aromatic carbocycles. The van der Waals surface area contributed by atoms with Crippen LogP contribution in [0.5, 0.6) is 11.8 Å². The Morgan fingerprint density at radius 2 is 2.00 bits per heavy atom. The minimum atomic E-state index is -4.25. The van der Waals surface area contributed by atoms with Crippen molar-refractivity contribution in [1.29, 1.82) is 0 Å². The van der Waals surface area contributed by atoms with Gasteiger partial charge in [0.2, 0.25) is 5.95 Å². The van der Waals surface area contributed by atoms with E-state index in [9.17, 15) is 13.2 Å². The number of aryl methyl sites for hydroxylation is 1. The Balaban J connectivity index is 1.70. The van der Waals surface area contributed by atoms with Gasteiger partial charge in [0.15, 0.2) is 6.10 Å². The molecule has 0 radical (unpaired) electrons. The second kappa shape index (κ2) is 9.22. The maximum Gasteiger partial charge on any atom is 0.335 e. The van der Waals surface area contributed by atoms with Crippen molar-refractivity contribution in [3.8, 4) is 11.8 Å². The number of allylic oxidation sites excluding steroid dienone is 2. The first-order valence-electron chi connectivity index (χ1n) is 8.68. The van der Waals surface area contributed by atoms with Gasteiger partial charge in [-0.3, -0.25) is 5.32 Å². The number of para-hydroxylation sites is 1. The number of hydrogen-bond donors (Lipinski definition) is 2. The molecule has 2 heterocycles. The number of hydrogen-bond acceptors (Lipinski definition) is 9. The van der Waals surface area contributed by atoms with E-state index in [1.54, 1.807) is 31.2 Å². The van der Waals surface area contributed by atoms with Crippen molar-refractivity contribution in [2.45, 2.75) is 17.9 Å². The molecule has 0 saturated heterocycles. The lowest BCUT2D eigenvalue weighted by atomic mass is 10.3. The largest absolute Gasteiger partial charge is 0.490 e. The smallest absolute Gasteiger partial charge is 0.335 e. The number of amides is 2. The molecule has 12 heteroatoms. The monoisotopic (exact) mass is 433 g/mol. The average molecular weight is 433 g/mol. The predicted octanol–water partition coefficient (Wildman–Crippen LogP) is 1.55. The third-order valence-corrected chi connectivity index (χ3v) is 5.04. The highest BCUT2D eigenvalue weighted by Crippen LogP contribution is 2.24. The fourth-order valence-corrected chi connectivity index (χ4v) is 3.45. The van der Waals surface area contributed by atoms with Crippen LogP contribution in [0.1, 0.15) is 5.82 Å². The van der Waals surface area contributed by atoms with Crippen molar-refractivity contribution in [3.63, 3.8) is 0 Å². The van der Waals surface area contributed by atoms with E-state index in [1.807, 2.05) is 4.72 Å². The molecular weight excluding hydrogens is 414 g/mol. The molecule has 1 aliphatic rings. The first-order chi connectivity index (χ1) is 14.4. The SMILES string of the molecule is COc1nc(C)nc(NC(=O)NS(=O)(=O)c2ccccc2OCC2C=CC=CO2)n1. The second-order valence-electron chi connectivity index (χ2n) is 5.90. The number of urea groups is 1. The lowest BCUT2D eigenvalue weighted by Crippen LogP contribution is -2.35. The summed E-state index contributed by atoms with van der Waals surface area (Å²) in [5, 5.41) is 2.24. The number of ether oxygens (including phenoxy) is 3. The molecule has 0 fully saturated rings. The Bertz CT molecular complexity index is 1090. The number of methoxy groups -OCH3 is 1. The quantitative estimate of drug-likeness (QED) is 0.665. The zero-order valence-electron chi connectivity index (χ0n) is 16.1. The molecule has 11 nitrogen and oxygen atoms in total. The molecule has 0 bridgehead atoms. The van der Waals surface area contributed by atoms with Crippen LogP contribution in [0.15, 0.2) is 53.7 Å². The zero-order valence-corrected chi connectivity index (χ0v) is 16.9. The molecule has 30 heavy (non-hydrogen) atoms. The van der Waals surface area contributed by atoms with E-state index in [0.717, 1.165) is 0 Å². The highest BCUT2D eigenvalue weighted by atomic mass is 32.2. The van der Waals surface area contributed by atoms with Gasteiger partial charge in [-0.05, 0) is 31.2 Å². The Labute approximate surface area is 172 Å². The van der Waals surface area contributed by atoms with Crippen LogP contribution in [0, 0.1) is 6.92 Å². The number of aromatic nitrogens is 3. The van der Waals surface area contributed by atoms with Gasteiger partial charge in [-0.25, -0.2) is 17.9 Å². The third kappa shape index (κ3) is 5.44. The van der Waals surface area contributed by atoms with Gasteiger partial charge in [0.25, 0.3) is 10.0 Å². The Morgan fingerprint density at radius 3 is 2.73 bits per heavy atom. The molecule has 3 rings (SSSR count). The predicted molar refractivity (Wildman–Crippen MR) is 106 cm³/mol. The van der Waals surface area contributed by atoms with E-state index in [4.69, 9.17) is 14.2 Å². The Morgan fingerprint density at radius 1 is 1.20 bits per heavy atom. The topological polar surface area (TPSA) is 142 Å². The first-order valence-corrected chi connectivity index (χ1v) is 10.2. The second-order valence-corrected chi connectivity index (χ2v) is 7.55. The van der Waals surface area contributed by atoms with Crippen LogP contribution in [-0.4, -0.2) is 49.2 Å². The maximum atomic E-state index is 12.7. The van der Waals surface area contributed by atoms with E-state index in [2.05, 4.69) is 20.3 Å². The van der Waals surface area contributed by atoms with Gasteiger partial charge in [-0.2, -0.15) is 15.0 Å². The fourth-order valence-electron chi connectivity index (χ4n) is 2.39. The molecule has 1 unspecified atom stereocenters. The van der Waals surface area contributed by atoms with Gasteiger partial charge >= 0.3 is 12.0 Å². The number of carbonyl (C=O) groups excluding carboxylic acids is 1. The molecule has 2 aromatic rings. The maximum absolute atomic E-state index is 12.7. The van der Waals surface area contributed by atoms with Crippen LogP contribution < -0.4 is 19.5 Å². The van der Waals surface area contributed by atoms with Crippen molar-refractivity contribution in [2.75, 3.05) is 19.0 Å². The number of carbonyl (C=O) groups is 1. The number of sulfonamides is 1. The summed E-state index contributed by atoms with van der Waals surface area (Å²) in [7, 11) is -2.90. The van der Waals surface area contributed by atoms with Crippen LogP contribution in [0.2, 0.25) is 0 Å². The zero-order chi connectivity index (χ0) is 21.6. The van der Waals surface area contributed by atoms with Crippen LogP contribution in [0.25, 0.3) is 0 Å². The van der Waals surface area contributed by atoms with Crippen molar-refractivity contribution in [3.05, 3.63) is 54.6 Å². The summed E-state index contributed by atoms with van der Waals surface area (Å²) in [5.74, 6) is 0.195. The van der Waals surface area contributed by atoms with Crippen molar-refractivity contribution in [1.82, 2.24) is 19.7 Å². The van der Waals surface area contributed by atoms with E-state index in [1.165, 1.54) is 31.6 Å². The average Bonchev–Trinajstić information content (AvgIpc) is 2.72. The number of anilines is 1. The first kappa shape index (κ1) is 21.0. The summed E-state index contributed by atoms with van der Waals surface area (Å²) in [6, 6.07) is 4.85. The summed E-state index contributed by atoms with van der Waals surface area (Å²) >= 11 is 0. The third-order valence-electron chi connectivity index (χ3n) is 3.67. The summed E-state index contributed by atoms with van der Waals surface area (Å²) in [5.41, 5.74) is 0. The molecule has 1 aliphatic heterocycles. The summed E-state index contributed by atoms with van der Waals surface area (Å²) in [6.07, 6.45) is 6.45. The minimum absolute atomic E-state index is 0.0202. The minimum Gasteiger partial charge on any atom is -0.490 e. The lowest BCUT2D eigenvalue weighted by Gasteiger charge is -2.17. The van der Waals surface area contributed by atoms with Gasteiger partial charge in [0, 0.05) is 0 Å². The lowest BCUT2D eigenvalue weighted by molar-refractivity contribution is 0.119. The highest BCUT2D eigenvalue weighted by molar-refractivity contribution is 7.90. The molecular formula is C18H19N5O6S. The molecule has 1 atom stereocenters. The van der Waals surface area contributed by atoms with Gasteiger partial charge in [0.05, 0.1) is 13.4 Å². The van der Waals surface area contributed by atoms with Crippen LogP contribution in [0.3, 0.4) is 0 Å². The van der Waals surface area contributed by atoms with Gasteiger partial charge < -0.3 is 14.2 Å². The van der Waals surface area contributed by atoms with E-state index >= 15 is 0 Å². The molecule has 2 amide bonds. The molecule has 1 aromatic heterocycles. The molecule has 0 spiro atoms. The van der Waals surface area contributed by atoms with Gasteiger partial charge in [-0.1, -0.05) is 18.2 Å². The molecule has 2 N–H and O–H groups in total. The number of rotatable bonds is 7. The van der Waals surface area contributed by atoms with Crippen molar-refractivity contribution < 1.29 is 27.4 Å². The molecule has 0 saturated carbocycles. The standard InChI is InChI=1S/C18H19N5O6S/c1-12-19-16(22-18(20-12)27-2)21-17(24)23-30(25,26)15-9-4-3-8-14(15)29-11-13-7-5-6-10-28-13/h3-10,13H,11H2,1-2H3,(H2,19,20,21,22,23,24). The van der Waals surface area contributed by atoms with Crippen LogP contribution in [0.4, 0.5) is 10.7 Å². The van der Waals surface area contributed by atoms with E-state index in [-0.39, 0.29) is 41.1 Å². The summed E-state index contributed by atoms with van der Waals surface area (Å²) in [6.45, 7) is 1.65. The summed E-state index contributed by atoms with van der Waals surface area (Å²) in [4.78, 5) is 23.6. The number of benzene rings is 1. The normalized spacial score (nSPS) is 15.2. The molecule has 158 valence electrons. The van der Waals surface area contributed by atoms with E-state index in [0.29, 0.717) is 0 Å². The number of nitrogens with one attached hydrogen (secondary N) is 2. The van der Waals surface area contributed by atoms with Crippen molar-refractivity contribution in [2.24, 2.45) is 0 Å². The molecule has 0 aliphatic carbocycles. The fraction of sp³-hybridized carbons (Fsp3) is 0.222. The Hall–Kier alpha value is -3.67. The van der Waals surface area contributed by atoms with Crippen LogP contribution >= 0.6 is 0 Å².